The summed E-state index contributed by atoms with van der Waals surface area (Å²) in [5.74, 6) is 7.47. The molecule has 736 valence electrons. The number of nitrogens with zero attached hydrogens (tertiary/aromatic N) is 3. The monoisotopic (exact) mass is 1870 g/mol. The van der Waals surface area contributed by atoms with Crippen molar-refractivity contribution in [1.82, 2.24) is 9.97 Å². The van der Waals surface area contributed by atoms with Gasteiger partial charge in [0.2, 0.25) is 5.88 Å². The minimum atomic E-state index is -2.07. The molecule has 2 aromatic heterocycles. The second-order valence-corrected chi connectivity index (χ2v) is 49.0. The number of benzene rings is 9. The van der Waals surface area contributed by atoms with Crippen LogP contribution in [0.25, 0.3) is 0 Å². The Morgan fingerprint density at radius 1 is 0.403 bits per heavy atom. The Morgan fingerprint density at radius 3 is 1.16 bits per heavy atom. The molecule has 0 bridgehead atoms. The zero-order chi connectivity index (χ0) is 103. The number of phenolic OH excluding ortho intramolecular Hbond substituents is 1. The topological polar surface area (TPSA) is 144 Å². The van der Waals surface area contributed by atoms with Crippen LogP contribution in [0.3, 0.4) is 0 Å². The van der Waals surface area contributed by atoms with Crippen LogP contribution in [0.5, 0.6) is 28.9 Å². The summed E-state index contributed by atoms with van der Waals surface area (Å²) in [5, 5.41) is 27.8. The minimum absolute atomic E-state index is 0.0949. The molecule has 12 rings (SSSR count). The number of aliphatic hydroxyl groups is 2. The van der Waals surface area contributed by atoms with E-state index in [1.54, 1.807) is 45.9 Å². The molecule has 13 heteroatoms. The van der Waals surface area contributed by atoms with Gasteiger partial charge in [-0.25, -0.2) is 4.98 Å². The van der Waals surface area contributed by atoms with E-state index >= 15 is 0 Å². The Balaban J connectivity index is 0.000000499. The van der Waals surface area contributed by atoms with E-state index in [2.05, 4.69) is 380 Å². The van der Waals surface area contributed by atoms with Crippen molar-refractivity contribution in [2.45, 2.75) is 326 Å². The lowest BCUT2D eigenvalue weighted by molar-refractivity contribution is 0.281. The first-order chi connectivity index (χ1) is 61.3. The summed E-state index contributed by atoms with van der Waals surface area (Å²) in [6.45, 7) is 77.7. The number of halogens is 1. The summed E-state index contributed by atoms with van der Waals surface area (Å²) in [5.41, 5.74) is 23.8. The van der Waals surface area contributed by atoms with Gasteiger partial charge in [-0.1, -0.05) is 386 Å². The first-order valence-electron chi connectivity index (χ1n) is 47.0. The highest BCUT2D eigenvalue weighted by atomic mass is 35.5. The highest BCUT2D eigenvalue weighted by Crippen LogP contribution is 2.37. The molecule has 11 nitrogen and oxygen atoms in total. The number of pyridine rings is 2. The minimum Gasteiger partial charge on any atom is -0.508 e. The fourth-order valence-electron chi connectivity index (χ4n) is 13.5. The SMILES string of the molecule is C=S(C)(=O)c1ccc(C(C)(C)C)cc1.CC(C)(C)c1ccc(CO)cc1.CC(C)(C)c1ccc2c(c1)CCO2.CC(C)(C)c1cccc(CO)c1.CC(C)(C)c1cccc(Cl)c1.CC(C)(C)c1cccc(O)c1.CC(C)(C)c1cccnc1.CN(C)c1ccc(C(C)(C)C)cc1.COc1ccc(C(C)(C)C)c(OC)c1.COc1ccc(C(C)(C)C)cn1.Cc1cccc(C)c1C(C)(C)C. The third-order valence-corrected chi connectivity index (χ3v) is 23.7. The van der Waals surface area contributed by atoms with Gasteiger partial charge >= 0.3 is 0 Å². The fourth-order valence-corrected chi connectivity index (χ4v) is 14.4. The lowest BCUT2D eigenvalue weighted by Gasteiger charge is -2.23. The Hall–Kier alpha value is -9.69. The van der Waals surface area contributed by atoms with Crippen LogP contribution in [0.2, 0.25) is 5.02 Å². The lowest BCUT2D eigenvalue weighted by Crippen LogP contribution is -2.14. The van der Waals surface area contributed by atoms with Crippen molar-refractivity contribution < 1.29 is 38.5 Å². The molecule has 0 saturated heterocycles. The standard InChI is InChI=1S/C12H19N.C12H18O2.C12H18OS.C12H16O.C12H18.2C11H16O.C10H13Cl.C10H15NO.C10H14O.C9H13N/c1-12(2,3)10-6-8-11(9-7-10)13(4)5;1-12(2,3)10-7-6-9(13-4)8-11(10)14-5;1-12(2,3)10-6-8-11(9-7-10)14(4,5)13;1-12(2,3)10-4-5-11-9(8-10)6-7-13-11;1-9-7-6-8-10(2)11(9)12(3,4)5;1-11(2,3)10-6-4-9(8-12)5-7-10;1-11(2,3)10-6-4-5-9(7-10)8-12;1-10(2,3)8-5-4-6-9(11)7-8;1-10(2,3)8-5-6-9(12-4)11-7-8;1-10(2,3)8-5-4-6-9(11)7-8;1-9(2,3)8-5-4-6-10-7-8/h6-9H,1-5H3;6-8H,1-5H3;6-9H,4H2,1-3,5H3;4-5,8H,6-7H2,1-3H3;6-8H,1-5H3;2*4-7,12H,8H2,1-3H3;4-7H,1-3H3;5-7H,1-4H3;4-7,11H,1-3H3;4-7H,1-3H3. The molecule has 0 aliphatic carbocycles. The van der Waals surface area contributed by atoms with Crippen molar-refractivity contribution in [3.63, 3.8) is 0 Å². The Labute approximate surface area is 821 Å². The van der Waals surface area contributed by atoms with Crippen LogP contribution in [-0.2, 0) is 88.7 Å². The maximum atomic E-state index is 11.6. The number of hydrogen-bond donors (Lipinski definition) is 3. The summed E-state index contributed by atoms with van der Waals surface area (Å²) in [6, 6.07) is 75.2. The van der Waals surface area contributed by atoms with E-state index in [0.29, 0.717) is 11.6 Å². The van der Waals surface area contributed by atoms with E-state index in [4.69, 9.17) is 40.8 Å². The predicted molar refractivity (Wildman–Crippen MR) is 583 cm³/mol. The van der Waals surface area contributed by atoms with E-state index in [9.17, 15) is 9.32 Å². The number of phenols is 1. The van der Waals surface area contributed by atoms with E-state index in [0.717, 1.165) is 56.9 Å². The third-order valence-electron chi connectivity index (χ3n) is 22.2. The molecule has 0 fully saturated rings. The van der Waals surface area contributed by atoms with Crippen LogP contribution < -0.4 is 23.8 Å². The van der Waals surface area contributed by atoms with Gasteiger partial charge in [-0.15, -0.1) is 0 Å². The quantitative estimate of drug-likeness (QED) is 0.131. The smallest absolute Gasteiger partial charge is 0.212 e. The summed E-state index contributed by atoms with van der Waals surface area (Å²) in [7, 11) is 7.03. The number of rotatable bonds is 7. The van der Waals surface area contributed by atoms with Gasteiger partial charge in [0, 0.05) is 73.1 Å². The van der Waals surface area contributed by atoms with Gasteiger partial charge in [0.15, 0.2) is 0 Å². The number of aromatic nitrogens is 2. The zero-order valence-corrected chi connectivity index (χ0v) is 92.2. The molecule has 0 radical (unpaired) electrons. The van der Waals surface area contributed by atoms with Gasteiger partial charge in [-0.3, -0.25) is 9.19 Å². The molecule has 11 aromatic rings. The maximum Gasteiger partial charge on any atom is 0.212 e. The Bertz CT molecular complexity index is 5220. The fraction of sp³-hybridized carbons (Fsp3) is 0.463. The molecule has 1 aliphatic rings. The Kier molecular flexibility index (Phi) is 47.2. The van der Waals surface area contributed by atoms with Crippen molar-refractivity contribution >= 4 is 32.7 Å². The Morgan fingerprint density at radius 2 is 0.806 bits per heavy atom. The molecule has 0 amide bonds. The third kappa shape index (κ3) is 44.9. The van der Waals surface area contributed by atoms with Crippen molar-refractivity contribution in [2.75, 3.05) is 53.2 Å². The van der Waals surface area contributed by atoms with Crippen molar-refractivity contribution in [3.8, 4) is 28.9 Å². The highest BCUT2D eigenvalue weighted by molar-refractivity contribution is 7.99. The molecule has 134 heavy (non-hydrogen) atoms. The average molecular weight is 1870 g/mol. The van der Waals surface area contributed by atoms with Crippen LogP contribution >= 0.6 is 11.6 Å². The normalized spacial score (nSPS) is 12.4. The molecular weight excluding hydrogens is 1690 g/mol. The number of anilines is 1. The van der Waals surface area contributed by atoms with Crippen LogP contribution in [0.4, 0.5) is 5.69 Å². The average Bonchev–Trinajstić information content (AvgIpc) is 1.60. The van der Waals surface area contributed by atoms with E-state index < -0.39 is 9.52 Å². The second kappa shape index (κ2) is 52.6. The first-order valence-corrected chi connectivity index (χ1v) is 49.5. The molecule has 3 N–H and O–H groups in total. The zero-order valence-electron chi connectivity index (χ0n) is 90.6. The number of aliphatic hydroxyl groups excluding tert-OH is 2. The second-order valence-electron chi connectivity index (χ2n) is 46.1. The van der Waals surface area contributed by atoms with Gasteiger partial charge in [0.1, 0.15) is 23.0 Å². The summed E-state index contributed by atoms with van der Waals surface area (Å²) < 4.78 is 32.6. The summed E-state index contributed by atoms with van der Waals surface area (Å²) >= 11 is 5.85. The van der Waals surface area contributed by atoms with Gasteiger partial charge < -0.3 is 39.2 Å². The molecule has 1 atom stereocenters. The number of fused-ring (bicyclic) bond motifs is 1. The predicted octanol–water partition coefficient (Wildman–Crippen LogP) is 31.3. The van der Waals surface area contributed by atoms with Crippen LogP contribution in [0, 0.1) is 13.8 Å². The van der Waals surface area contributed by atoms with Gasteiger partial charge in [-0.2, -0.15) is 0 Å². The number of methoxy groups -OCH3 is 3. The van der Waals surface area contributed by atoms with Gasteiger partial charge in [0.25, 0.3) is 0 Å². The lowest BCUT2D eigenvalue weighted by atomic mass is 9.81. The van der Waals surface area contributed by atoms with Crippen molar-refractivity contribution in [2.24, 2.45) is 0 Å². The van der Waals surface area contributed by atoms with E-state index in [1.165, 1.54) is 78.0 Å². The summed E-state index contributed by atoms with van der Waals surface area (Å²) in [6.07, 6.45) is 8.31. The van der Waals surface area contributed by atoms with Gasteiger partial charge in [-0.05, 0) is 245 Å². The number of hydrogen-bond acceptors (Lipinski definition) is 11. The van der Waals surface area contributed by atoms with Crippen LogP contribution in [0.15, 0.2) is 248 Å². The molecule has 1 unspecified atom stereocenters. The van der Waals surface area contributed by atoms with E-state index in [-0.39, 0.29) is 72.8 Å². The molecule has 3 heterocycles. The molecule has 9 aromatic carbocycles. The largest absolute Gasteiger partial charge is 0.508 e. The number of ether oxygens (including phenoxy) is 4. The van der Waals surface area contributed by atoms with Crippen molar-refractivity contribution in [1.29, 1.82) is 0 Å². The van der Waals surface area contributed by atoms with E-state index in [1.807, 2.05) is 122 Å². The van der Waals surface area contributed by atoms with Crippen LogP contribution in [-0.4, -0.2) is 83.7 Å². The van der Waals surface area contributed by atoms with Crippen molar-refractivity contribution in [3.05, 3.63) is 337 Å². The molecular formula is C121H176ClN3O8S. The number of aromatic hydroxyl groups is 1. The summed E-state index contributed by atoms with van der Waals surface area (Å²) in [4.78, 5) is 11.1. The first kappa shape index (κ1) is 120. The molecule has 0 saturated carbocycles. The van der Waals surface area contributed by atoms with Gasteiger partial charge in [0.05, 0.1) is 41.2 Å². The highest BCUT2D eigenvalue weighted by Gasteiger charge is 2.24. The molecule has 1 aliphatic heterocycles. The number of aryl methyl sites for hydroxylation is 2. The maximum absolute atomic E-state index is 11.6. The molecule has 0 spiro atoms. The van der Waals surface area contributed by atoms with Crippen LogP contribution in [0.1, 0.15) is 317 Å².